The molecule has 37 heavy (non-hydrogen) atoms. The normalized spacial score (nSPS) is 10.7. The summed E-state index contributed by atoms with van der Waals surface area (Å²) in [5.41, 5.74) is 8.96. The second-order valence-electron chi connectivity index (χ2n) is 7.99. The maximum atomic E-state index is 12.7. The van der Waals surface area contributed by atoms with Gasteiger partial charge in [-0.2, -0.15) is 5.10 Å². The Morgan fingerprint density at radius 2 is 1.76 bits per heavy atom. The lowest BCUT2D eigenvalue weighted by Gasteiger charge is -2.06. The van der Waals surface area contributed by atoms with Crippen molar-refractivity contribution in [3.05, 3.63) is 102 Å². The van der Waals surface area contributed by atoms with E-state index in [1.54, 1.807) is 36.1 Å². The molecule has 1 aromatic heterocycles. The van der Waals surface area contributed by atoms with Gasteiger partial charge in [-0.3, -0.25) is 14.4 Å². The highest BCUT2D eigenvalue weighted by atomic mass is 16.5. The van der Waals surface area contributed by atoms with E-state index in [0.29, 0.717) is 11.4 Å². The summed E-state index contributed by atoms with van der Waals surface area (Å²) in [6, 6.07) is 23.5. The summed E-state index contributed by atoms with van der Waals surface area (Å²) in [7, 11) is 1.61. The van der Waals surface area contributed by atoms with E-state index in [0.717, 1.165) is 22.6 Å². The minimum Gasteiger partial charge on any atom is -0.497 e. The lowest BCUT2D eigenvalue weighted by Crippen LogP contribution is -2.33. The first-order valence-corrected chi connectivity index (χ1v) is 11.4. The zero-order chi connectivity index (χ0) is 26.2. The van der Waals surface area contributed by atoms with Crippen LogP contribution in [0.25, 0.3) is 23.0 Å². The summed E-state index contributed by atoms with van der Waals surface area (Å²) >= 11 is 0. The van der Waals surface area contributed by atoms with Crippen LogP contribution in [-0.2, 0) is 9.59 Å². The van der Waals surface area contributed by atoms with E-state index in [9.17, 15) is 14.4 Å². The standard InChI is InChI=1S/C28H25N5O4/c1-37-24-13-10-19(11-14-24)27-21(18-33(32-27)23-8-3-2-4-9-23)12-15-26(35)31-22-7-5-6-20(16-22)28(36)30-17-25(29)34/h2-16,18H,17H2,1H3,(H2,29,34)(H,30,36)(H,31,35)/b15-12+. The molecule has 0 spiro atoms. The van der Waals surface area contributed by atoms with Crippen molar-refractivity contribution in [2.45, 2.75) is 0 Å². The van der Waals surface area contributed by atoms with Crippen LogP contribution in [0.2, 0.25) is 0 Å². The number of anilines is 1. The Bertz CT molecular complexity index is 1440. The number of benzene rings is 3. The van der Waals surface area contributed by atoms with Crippen molar-refractivity contribution in [2.75, 3.05) is 19.0 Å². The Morgan fingerprint density at radius 3 is 2.46 bits per heavy atom. The maximum Gasteiger partial charge on any atom is 0.251 e. The molecule has 0 aliphatic carbocycles. The fourth-order valence-electron chi connectivity index (χ4n) is 3.55. The van der Waals surface area contributed by atoms with E-state index in [1.165, 1.54) is 12.1 Å². The number of para-hydroxylation sites is 1. The SMILES string of the molecule is COc1ccc(-c2nn(-c3ccccc3)cc2/C=C/C(=O)Nc2cccc(C(=O)NCC(N)=O)c2)cc1. The number of carbonyl (C=O) groups is 3. The second kappa shape index (κ2) is 11.5. The van der Waals surface area contributed by atoms with Crippen molar-refractivity contribution in [1.82, 2.24) is 15.1 Å². The van der Waals surface area contributed by atoms with Gasteiger partial charge in [0.15, 0.2) is 0 Å². The van der Waals surface area contributed by atoms with Gasteiger partial charge in [0.1, 0.15) is 5.75 Å². The molecule has 0 saturated heterocycles. The van der Waals surface area contributed by atoms with Gasteiger partial charge in [-0.25, -0.2) is 4.68 Å². The molecular weight excluding hydrogens is 470 g/mol. The third kappa shape index (κ3) is 6.49. The number of hydrogen-bond acceptors (Lipinski definition) is 5. The lowest BCUT2D eigenvalue weighted by atomic mass is 10.1. The van der Waals surface area contributed by atoms with Crippen molar-refractivity contribution in [3.63, 3.8) is 0 Å². The van der Waals surface area contributed by atoms with Gasteiger partial charge in [-0.1, -0.05) is 24.3 Å². The number of hydrogen-bond donors (Lipinski definition) is 3. The van der Waals surface area contributed by atoms with Gasteiger partial charge in [0.2, 0.25) is 11.8 Å². The monoisotopic (exact) mass is 495 g/mol. The highest BCUT2D eigenvalue weighted by Crippen LogP contribution is 2.27. The molecule has 0 atom stereocenters. The predicted octanol–water partition coefficient (Wildman–Crippen LogP) is 3.41. The van der Waals surface area contributed by atoms with Crippen LogP contribution in [-0.4, -0.2) is 41.2 Å². The first kappa shape index (κ1) is 24.9. The number of methoxy groups -OCH3 is 1. The second-order valence-corrected chi connectivity index (χ2v) is 7.99. The number of nitrogens with two attached hydrogens (primary N) is 1. The van der Waals surface area contributed by atoms with Crippen LogP contribution in [0.15, 0.2) is 91.1 Å². The third-order valence-corrected chi connectivity index (χ3v) is 5.36. The van der Waals surface area contributed by atoms with Gasteiger partial charge in [-0.15, -0.1) is 0 Å². The molecule has 186 valence electrons. The minimum atomic E-state index is -0.646. The quantitative estimate of drug-likeness (QED) is 0.307. The van der Waals surface area contributed by atoms with E-state index in [2.05, 4.69) is 10.6 Å². The molecule has 9 nitrogen and oxygen atoms in total. The average Bonchev–Trinajstić information content (AvgIpc) is 3.35. The summed E-state index contributed by atoms with van der Waals surface area (Å²) in [4.78, 5) is 35.7. The number of nitrogens with one attached hydrogen (secondary N) is 2. The van der Waals surface area contributed by atoms with E-state index in [1.807, 2.05) is 60.8 Å². The Hall–Kier alpha value is -5.18. The molecule has 1 heterocycles. The number of amides is 3. The molecule has 3 aromatic carbocycles. The number of nitrogens with zero attached hydrogens (tertiary/aromatic N) is 2. The van der Waals surface area contributed by atoms with Crippen LogP contribution in [0, 0.1) is 0 Å². The Balaban J connectivity index is 1.55. The summed E-state index contributed by atoms with van der Waals surface area (Å²) in [6.07, 6.45) is 4.94. The smallest absolute Gasteiger partial charge is 0.251 e. The van der Waals surface area contributed by atoms with Crippen LogP contribution in [0.5, 0.6) is 5.75 Å². The van der Waals surface area contributed by atoms with Gasteiger partial charge < -0.3 is 21.1 Å². The maximum absolute atomic E-state index is 12.7. The minimum absolute atomic E-state index is 0.272. The Labute approximate surface area is 213 Å². The fourth-order valence-corrected chi connectivity index (χ4v) is 3.55. The first-order chi connectivity index (χ1) is 17.9. The van der Waals surface area contributed by atoms with Gasteiger partial charge in [0.25, 0.3) is 5.91 Å². The zero-order valence-electron chi connectivity index (χ0n) is 20.0. The molecule has 4 N–H and O–H groups in total. The Kier molecular flexibility index (Phi) is 7.75. The van der Waals surface area contributed by atoms with E-state index in [4.69, 9.17) is 15.6 Å². The van der Waals surface area contributed by atoms with Crippen molar-refractivity contribution >= 4 is 29.5 Å². The average molecular weight is 496 g/mol. The summed E-state index contributed by atoms with van der Waals surface area (Å²) in [5, 5.41) is 9.90. The molecule has 0 aliphatic rings. The molecule has 4 rings (SSSR count). The number of primary amides is 1. The molecule has 3 amide bonds. The molecule has 0 saturated carbocycles. The van der Waals surface area contributed by atoms with Gasteiger partial charge >= 0.3 is 0 Å². The van der Waals surface area contributed by atoms with Crippen molar-refractivity contribution in [3.8, 4) is 22.7 Å². The van der Waals surface area contributed by atoms with E-state index in [-0.39, 0.29) is 18.0 Å². The molecule has 4 aromatic rings. The number of aromatic nitrogens is 2. The number of carbonyl (C=O) groups excluding carboxylic acids is 3. The van der Waals surface area contributed by atoms with Gasteiger partial charge in [0.05, 0.1) is 25.0 Å². The third-order valence-electron chi connectivity index (χ3n) is 5.36. The van der Waals surface area contributed by atoms with Crippen molar-refractivity contribution < 1.29 is 19.1 Å². The molecule has 0 unspecified atom stereocenters. The number of rotatable bonds is 9. The molecule has 0 radical (unpaired) electrons. The van der Waals surface area contributed by atoms with Crippen LogP contribution < -0.4 is 21.1 Å². The van der Waals surface area contributed by atoms with Crippen LogP contribution in [0.4, 0.5) is 5.69 Å². The predicted molar refractivity (Wildman–Crippen MR) is 141 cm³/mol. The molecule has 0 fully saturated rings. The highest BCUT2D eigenvalue weighted by molar-refractivity contribution is 6.03. The lowest BCUT2D eigenvalue weighted by molar-refractivity contribution is -0.117. The summed E-state index contributed by atoms with van der Waals surface area (Å²) in [6.45, 7) is -0.272. The molecular formula is C28H25N5O4. The van der Waals surface area contributed by atoms with Crippen molar-refractivity contribution in [1.29, 1.82) is 0 Å². The Morgan fingerprint density at radius 1 is 1.00 bits per heavy atom. The van der Waals surface area contributed by atoms with Crippen LogP contribution in [0.1, 0.15) is 15.9 Å². The molecule has 0 bridgehead atoms. The van der Waals surface area contributed by atoms with Crippen molar-refractivity contribution in [2.24, 2.45) is 5.73 Å². The van der Waals surface area contributed by atoms with Gasteiger partial charge in [0, 0.05) is 34.7 Å². The fraction of sp³-hybridized carbons (Fsp3) is 0.0714. The molecule has 0 aliphatic heterocycles. The summed E-state index contributed by atoms with van der Waals surface area (Å²) < 4.78 is 7.01. The number of ether oxygens (including phenoxy) is 1. The molecule has 9 heteroatoms. The van der Waals surface area contributed by atoms with E-state index < -0.39 is 11.8 Å². The van der Waals surface area contributed by atoms with Gasteiger partial charge in [-0.05, 0) is 60.7 Å². The van der Waals surface area contributed by atoms with Crippen LogP contribution >= 0.6 is 0 Å². The van der Waals surface area contributed by atoms with E-state index >= 15 is 0 Å². The summed E-state index contributed by atoms with van der Waals surface area (Å²) in [5.74, 6) is -0.772. The van der Waals surface area contributed by atoms with Crippen LogP contribution in [0.3, 0.4) is 0 Å². The first-order valence-electron chi connectivity index (χ1n) is 11.4. The zero-order valence-corrected chi connectivity index (χ0v) is 20.0. The topological polar surface area (TPSA) is 128 Å². The highest BCUT2D eigenvalue weighted by Gasteiger charge is 2.12. The largest absolute Gasteiger partial charge is 0.497 e.